The summed E-state index contributed by atoms with van der Waals surface area (Å²) in [5, 5.41) is 12.2. The van der Waals surface area contributed by atoms with Crippen LogP contribution in [0.2, 0.25) is 0 Å². The predicted molar refractivity (Wildman–Crippen MR) is 116 cm³/mol. The molecule has 0 saturated heterocycles. The van der Waals surface area contributed by atoms with Gasteiger partial charge < -0.3 is 9.73 Å². The van der Waals surface area contributed by atoms with Crippen molar-refractivity contribution >= 4 is 23.4 Å². The van der Waals surface area contributed by atoms with Gasteiger partial charge in [0.05, 0.1) is 18.6 Å². The molecule has 0 aliphatic carbocycles. The van der Waals surface area contributed by atoms with E-state index in [-0.39, 0.29) is 11.7 Å². The van der Waals surface area contributed by atoms with Crippen LogP contribution in [0.4, 0.5) is 5.69 Å². The molecule has 30 heavy (non-hydrogen) atoms. The molecule has 0 aliphatic heterocycles. The number of anilines is 1. The van der Waals surface area contributed by atoms with Gasteiger partial charge in [-0.2, -0.15) is 0 Å². The van der Waals surface area contributed by atoms with Gasteiger partial charge in [0, 0.05) is 11.9 Å². The molecule has 152 valence electrons. The number of thioether (sulfide) groups is 1. The van der Waals surface area contributed by atoms with Gasteiger partial charge in [0.2, 0.25) is 5.91 Å². The van der Waals surface area contributed by atoms with Crippen LogP contribution in [-0.4, -0.2) is 31.4 Å². The minimum atomic E-state index is -0.100. The molecule has 0 unspecified atom stereocenters. The summed E-state index contributed by atoms with van der Waals surface area (Å²) in [5.74, 6) is 1.51. The molecule has 3 aromatic heterocycles. The van der Waals surface area contributed by atoms with E-state index in [1.807, 2.05) is 60.9 Å². The van der Waals surface area contributed by atoms with Gasteiger partial charge in [-0.3, -0.25) is 14.3 Å². The molecule has 0 fully saturated rings. The molecule has 0 bridgehead atoms. The van der Waals surface area contributed by atoms with Crippen molar-refractivity contribution in [1.82, 2.24) is 19.7 Å². The third-order valence-corrected chi connectivity index (χ3v) is 5.31. The lowest BCUT2D eigenvalue weighted by Gasteiger charge is -2.09. The minimum Gasteiger partial charge on any atom is -0.467 e. The molecule has 0 radical (unpaired) electrons. The topological polar surface area (TPSA) is 85.8 Å². The lowest BCUT2D eigenvalue weighted by Crippen LogP contribution is -2.15. The Morgan fingerprint density at radius 1 is 1.10 bits per heavy atom. The number of rotatable bonds is 7. The van der Waals surface area contributed by atoms with E-state index in [4.69, 9.17) is 4.42 Å². The number of hydrogen-bond acceptors (Lipinski definition) is 6. The second-order valence-corrected chi connectivity index (χ2v) is 7.84. The van der Waals surface area contributed by atoms with Gasteiger partial charge in [-0.1, -0.05) is 23.9 Å². The summed E-state index contributed by atoms with van der Waals surface area (Å²) in [5.41, 5.74) is 3.72. The van der Waals surface area contributed by atoms with Crippen molar-refractivity contribution in [3.8, 4) is 11.5 Å². The number of hydrogen-bond donors (Lipinski definition) is 1. The molecule has 0 spiro atoms. The molecule has 4 rings (SSSR count). The SMILES string of the molecule is Cc1cc(C)cc(NC(=O)CSc2nnc(-c3ccccn3)n2Cc2ccco2)c1. The number of furan rings is 1. The first-order valence-corrected chi connectivity index (χ1v) is 10.4. The summed E-state index contributed by atoms with van der Waals surface area (Å²) in [6.07, 6.45) is 3.34. The Morgan fingerprint density at radius 3 is 2.63 bits per heavy atom. The lowest BCUT2D eigenvalue weighted by molar-refractivity contribution is -0.113. The van der Waals surface area contributed by atoms with Crippen molar-refractivity contribution in [2.75, 3.05) is 11.1 Å². The molecular weight excluding hydrogens is 398 g/mol. The maximum atomic E-state index is 12.5. The van der Waals surface area contributed by atoms with E-state index in [9.17, 15) is 4.79 Å². The number of carbonyl (C=O) groups is 1. The van der Waals surface area contributed by atoms with Crippen LogP contribution in [0.3, 0.4) is 0 Å². The van der Waals surface area contributed by atoms with Gasteiger partial charge in [0.25, 0.3) is 0 Å². The van der Waals surface area contributed by atoms with E-state index in [1.165, 1.54) is 11.8 Å². The number of nitrogens with zero attached hydrogens (tertiary/aromatic N) is 4. The number of aryl methyl sites for hydroxylation is 2. The number of amides is 1. The summed E-state index contributed by atoms with van der Waals surface area (Å²) in [4.78, 5) is 16.9. The molecule has 0 aliphatic rings. The fourth-order valence-electron chi connectivity index (χ4n) is 3.15. The Morgan fingerprint density at radius 2 is 1.93 bits per heavy atom. The van der Waals surface area contributed by atoms with Crippen LogP contribution in [0.5, 0.6) is 0 Å². The smallest absolute Gasteiger partial charge is 0.234 e. The second-order valence-electron chi connectivity index (χ2n) is 6.90. The fraction of sp³-hybridized carbons (Fsp3) is 0.182. The average molecular weight is 420 g/mol. The zero-order valence-corrected chi connectivity index (χ0v) is 17.5. The molecule has 1 N–H and O–H groups in total. The Bertz CT molecular complexity index is 1120. The molecule has 1 amide bonds. The van der Waals surface area contributed by atoms with Crippen LogP contribution in [0, 0.1) is 13.8 Å². The van der Waals surface area contributed by atoms with Crippen molar-refractivity contribution in [3.05, 3.63) is 77.9 Å². The van der Waals surface area contributed by atoms with E-state index in [1.54, 1.807) is 12.5 Å². The van der Waals surface area contributed by atoms with Gasteiger partial charge in [0.1, 0.15) is 11.5 Å². The van der Waals surface area contributed by atoms with Crippen LogP contribution < -0.4 is 5.32 Å². The maximum absolute atomic E-state index is 12.5. The first-order valence-electron chi connectivity index (χ1n) is 9.46. The standard InChI is InChI=1S/C22H21N5O2S/c1-15-10-16(2)12-17(11-15)24-20(28)14-30-22-26-25-21(19-7-3-4-8-23-19)27(22)13-18-6-5-9-29-18/h3-12H,13-14H2,1-2H3,(H,24,28). The fourth-order valence-corrected chi connectivity index (χ4v) is 3.89. The molecule has 0 atom stereocenters. The maximum Gasteiger partial charge on any atom is 0.234 e. The molecule has 4 aromatic rings. The van der Waals surface area contributed by atoms with Crippen molar-refractivity contribution in [2.24, 2.45) is 0 Å². The Kier molecular flexibility index (Phi) is 5.94. The van der Waals surface area contributed by atoms with E-state index in [2.05, 4.69) is 26.6 Å². The van der Waals surface area contributed by atoms with Gasteiger partial charge in [-0.05, 0) is 61.4 Å². The summed E-state index contributed by atoms with van der Waals surface area (Å²) in [6, 6.07) is 15.3. The van der Waals surface area contributed by atoms with Crippen molar-refractivity contribution in [3.63, 3.8) is 0 Å². The third-order valence-electron chi connectivity index (χ3n) is 4.34. The monoisotopic (exact) mass is 419 g/mol. The number of nitrogens with one attached hydrogen (secondary N) is 1. The molecule has 3 heterocycles. The Hall–Kier alpha value is -3.39. The van der Waals surface area contributed by atoms with Crippen molar-refractivity contribution in [2.45, 2.75) is 25.5 Å². The lowest BCUT2D eigenvalue weighted by atomic mass is 10.1. The van der Waals surface area contributed by atoms with E-state index >= 15 is 0 Å². The minimum absolute atomic E-state index is 0.100. The second kappa shape index (κ2) is 8.96. The third kappa shape index (κ3) is 4.77. The van der Waals surface area contributed by atoms with E-state index in [0.29, 0.717) is 23.2 Å². The highest BCUT2D eigenvalue weighted by Crippen LogP contribution is 2.24. The quantitative estimate of drug-likeness (QED) is 0.449. The summed E-state index contributed by atoms with van der Waals surface area (Å²) in [7, 11) is 0. The Balaban J connectivity index is 1.52. The highest BCUT2D eigenvalue weighted by Gasteiger charge is 2.17. The zero-order valence-electron chi connectivity index (χ0n) is 16.7. The molecule has 0 saturated carbocycles. The van der Waals surface area contributed by atoms with Crippen LogP contribution >= 0.6 is 11.8 Å². The van der Waals surface area contributed by atoms with Gasteiger partial charge in [-0.15, -0.1) is 10.2 Å². The predicted octanol–water partition coefficient (Wildman–Crippen LogP) is 4.33. The van der Waals surface area contributed by atoms with Crippen molar-refractivity contribution in [1.29, 1.82) is 0 Å². The highest BCUT2D eigenvalue weighted by molar-refractivity contribution is 7.99. The normalized spacial score (nSPS) is 10.9. The number of carbonyl (C=O) groups excluding carboxylic acids is 1. The Labute approximate surface area is 178 Å². The number of benzene rings is 1. The summed E-state index contributed by atoms with van der Waals surface area (Å²) in [6.45, 7) is 4.47. The molecule has 1 aromatic carbocycles. The van der Waals surface area contributed by atoms with Gasteiger partial charge in [0.15, 0.2) is 11.0 Å². The molecule has 7 nitrogen and oxygen atoms in total. The van der Waals surface area contributed by atoms with Crippen molar-refractivity contribution < 1.29 is 9.21 Å². The number of pyridine rings is 1. The molecule has 8 heteroatoms. The first kappa shape index (κ1) is 19.9. The van der Waals surface area contributed by atoms with Crippen LogP contribution in [0.15, 0.2) is 70.6 Å². The zero-order chi connectivity index (χ0) is 20.9. The number of aromatic nitrogens is 4. The first-order chi connectivity index (χ1) is 14.6. The van der Waals surface area contributed by atoms with Crippen LogP contribution in [0.1, 0.15) is 16.9 Å². The average Bonchev–Trinajstić information content (AvgIpc) is 3.37. The van der Waals surface area contributed by atoms with Crippen LogP contribution in [-0.2, 0) is 11.3 Å². The molecular formula is C22H21N5O2S. The summed E-state index contributed by atoms with van der Waals surface area (Å²) >= 11 is 1.33. The van der Waals surface area contributed by atoms with Crippen LogP contribution in [0.25, 0.3) is 11.5 Å². The largest absolute Gasteiger partial charge is 0.467 e. The van der Waals surface area contributed by atoms with E-state index < -0.39 is 0 Å². The van der Waals surface area contributed by atoms with Gasteiger partial charge in [-0.25, -0.2) is 0 Å². The summed E-state index contributed by atoms with van der Waals surface area (Å²) < 4.78 is 7.41. The van der Waals surface area contributed by atoms with E-state index in [0.717, 1.165) is 22.6 Å². The van der Waals surface area contributed by atoms with Gasteiger partial charge >= 0.3 is 0 Å². The highest BCUT2D eigenvalue weighted by atomic mass is 32.2.